The van der Waals surface area contributed by atoms with E-state index in [2.05, 4.69) is 17.3 Å². The molecular formula is C24H29N3O3. The molecule has 4 aliphatic rings. The summed E-state index contributed by atoms with van der Waals surface area (Å²) >= 11 is 0. The summed E-state index contributed by atoms with van der Waals surface area (Å²) in [4.78, 5) is 24.5. The molecule has 158 valence electrons. The molecule has 2 bridgehead atoms. The summed E-state index contributed by atoms with van der Waals surface area (Å²) in [5.41, 5.74) is 2.69. The third-order valence-electron chi connectivity index (χ3n) is 7.65. The summed E-state index contributed by atoms with van der Waals surface area (Å²) < 4.78 is 1.84. The molecule has 1 heterocycles. The van der Waals surface area contributed by atoms with Crippen molar-refractivity contribution in [3.63, 3.8) is 0 Å². The SMILES string of the molecule is CCC1CC2CC(C2)C1NC(=O)c1cnn(-c2ccc(C(=O)O)cc2)c1C1CCC1. The number of aromatic nitrogens is 2. The van der Waals surface area contributed by atoms with Crippen molar-refractivity contribution >= 4 is 11.9 Å². The zero-order valence-corrected chi connectivity index (χ0v) is 17.4. The highest BCUT2D eigenvalue weighted by Crippen LogP contribution is 2.49. The van der Waals surface area contributed by atoms with Crippen molar-refractivity contribution in [3.05, 3.63) is 47.3 Å². The Bertz CT molecular complexity index is 955. The Morgan fingerprint density at radius 1 is 1.17 bits per heavy atom. The van der Waals surface area contributed by atoms with E-state index in [0.29, 0.717) is 23.3 Å². The third-order valence-corrected chi connectivity index (χ3v) is 7.65. The number of aromatic carboxylic acids is 1. The van der Waals surface area contributed by atoms with Crippen LogP contribution in [-0.4, -0.2) is 32.8 Å². The van der Waals surface area contributed by atoms with Gasteiger partial charge < -0.3 is 10.4 Å². The van der Waals surface area contributed by atoms with Gasteiger partial charge in [0.15, 0.2) is 0 Å². The molecule has 1 amide bonds. The molecule has 2 aromatic rings. The first-order valence-corrected chi connectivity index (χ1v) is 11.3. The number of carboxylic acid groups (broad SMARTS) is 1. The van der Waals surface area contributed by atoms with Gasteiger partial charge in [0.05, 0.1) is 28.7 Å². The molecule has 2 N–H and O–H groups in total. The average Bonchev–Trinajstić information content (AvgIpc) is 3.10. The number of rotatable bonds is 6. The van der Waals surface area contributed by atoms with Gasteiger partial charge in [0.1, 0.15) is 0 Å². The molecule has 0 spiro atoms. The van der Waals surface area contributed by atoms with E-state index < -0.39 is 5.97 Å². The Balaban J connectivity index is 1.43. The maximum absolute atomic E-state index is 13.3. The maximum Gasteiger partial charge on any atom is 0.335 e. The van der Waals surface area contributed by atoms with Gasteiger partial charge in [-0.15, -0.1) is 0 Å². The summed E-state index contributed by atoms with van der Waals surface area (Å²) in [7, 11) is 0. The van der Waals surface area contributed by atoms with Crippen molar-refractivity contribution in [1.29, 1.82) is 0 Å². The van der Waals surface area contributed by atoms with Gasteiger partial charge in [0, 0.05) is 12.0 Å². The number of carbonyl (C=O) groups excluding carboxylic acids is 1. The lowest BCUT2D eigenvalue weighted by molar-refractivity contribution is 0.0218. The summed E-state index contributed by atoms with van der Waals surface area (Å²) in [5, 5.41) is 17.1. The predicted molar refractivity (Wildman–Crippen MR) is 113 cm³/mol. The lowest BCUT2D eigenvalue weighted by atomic mass is 9.58. The molecule has 4 fully saturated rings. The van der Waals surface area contributed by atoms with Crippen LogP contribution >= 0.6 is 0 Å². The van der Waals surface area contributed by atoms with E-state index in [4.69, 9.17) is 5.11 Å². The number of hydrogen-bond donors (Lipinski definition) is 2. The first kappa shape index (κ1) is 19.3. The molecule has 2 unspecified atom stereocenters. The number of carbonyl (C=O) groups is 2. The van der Waals surface area contributed by atoms with Gasteiger partial charge >= 0.3 is 5.97 Å². The number of benzene rings is 1. The fraction of sp³-hybridized carbons (Fsp3) is 0.542. The van der Waals surface area contributed by atoms with Crippen molar-refractivity contribution in [1.82, 2.24) is 15.1 Å². The van der Waals surface area contributed by atoms with Crippen LogP contribution in [0.25, 0.3) is 5.69 Å². The van der Waals surface area contributed by atoms with Crippen molar-refractivity contribution in [3.8, 4) is 5.69 Å². The average molecular weight is 408 g/mol. The summed E-state index contributed by atoms with van der Waals surface area (Å²) in [6, 6.07) is 6.99. The van der Waals surface area contributed by atoms with Crippen LogP contribution in [0.3, 0.4) is 0 Å². The van der Waals surface area contributed by atoms with E-state index in [-0.39, 0.29) is 17.5 Å². The number of amides is 1. The number of nitrogens with one attached hydrogen (secondary N) is 1. The fourth-order valence-electron chi connectivity index (χ4n) is 5.68. The molecule has 0 radical (unpaired) electrons. The Morgan fingerprint density at radius 2 is 1.90 bits per heavy atom. The number of nitrogens with zero attached hydrogens (tertiary/aromatic N) is 2. The quantitative estimate of drug-likeness (QED) is 0.744. The molecule has 4 saturated carbocycles. The normalized spacial score (nSPS) is 27.8. The van der Waals surface area contributed by atoms with E-state index in [9.17, 15) is 9.59 Å². The van der Waals surface area contributed by atoms with Gasteiger partial charge in [0.2, 0.25) is 0 Å². The van der Waals surface area contributed by atoms with E-state index in [1.807, 2.05) is 4.68 Å². The smallest absolute Gasteiger partial charge is 0.335 e. The van der Waals surface area contributed by atoms with Gasteiger partial charge in [-0.25, -0.2) is 9.48 Å². The first-order chi connectivity index (χ1) is 14.5. The van der Waals surface area contributed by atoms with Gasteiger partial charge in [-0.3, -0.25) is 4.79 Å². The zero-order chi connectivity index (χ0) is 20.8. The van der Waals surface area contributed by atoms with Crippen LogP contribution in [0.1, 0.15) is 84.2 Å². The molecule has 0 saturated heterocycles. The van der Waals surface area contributed by atoms with Crippen LogP contribution in [0.4, 0.5) is 0 Å². The Labute approximate surface area is 176 Å². The highest BCUT2D eigenvalue weighted by molar-refractivity contribution is 5.95. The van der Waals surface area contributed by atoms with E-state index in [0.717, 1.165) is 36.6 Å². The van der Waals surface area contributed by atoms with Crippen LogP contribution in [0, 0.1) is 17.8 Å². The van der Waals surface area contributed by atoms with Crippen LogP contribution in [0.15, 0.2) is 30.5 Å². The standard InChI is InChI=1S/C24H29N3O3/c1-2-15-10-14-11-18(12-14)21(15)26-23(28)20-13-25-27(22(20)16-4-3-5-16)19-8-6-17(7-9-19)24(29)30/h6-9,13-16,18,21H,2-5,10-12H2,1H3,(H,26,28)(H,29,30). The minimum absolute atomic E-state index is 0.000828. The lowest BCUT2D eigenvalue weighted by Gasteiger charge is -2.51. The highest BCUT2D eigenvalue weighted by atomic mass is 16.4. The van der Waals surface area contributed by atoms with Gasteiger partial charge in [-0.1, -0.05) is 19.8 Å². The minimum Gasteiger partial charge on any atom is -0.478 e. The molecular weight excluding hydrogens is 378 g/mol. The zero-order valence-electron chi connectivity index (χ0n) is 17.4. The Hall–Kier alpha value is -2.63. The third kappa shape index (κ3) is 3.22. The Morgan fingerprint density at radius 3 is 2.50 bits per heavy atom. The van der Waals surface area contributed by atoms with Crippen LogP contribution in [0.2, 0.25) is 0 Å². The minimum atomic E-state index is -0.947. The Kier molecular flexibility index (Phi) is 4.88. The van der Waals surface area contributed by atoms with E-state index in [1.54, 1.807) is 30.5 Å². The van der Waals surface area contributed by atoms with E-state index >= 15 is 0 Å². The van der Waals surface area contributed by atoms with Crippen molar-refractivity contribution in [2.24, 2.45) is 17.8 Å². The molecule has 4 aliphatic carbocycles. The van der Waals surface area contributed by atoms with Gasteiger partial charge in [0.25, 0.3) is 5.91 Å². The topological polar surface area (TPSA) is 84.2 Å². The maximum atomic E-state index is 13.3. The highest BCUT2D eigenvalue weighted by Gasteiger charge is 2.45. The van der Waals surface area contributed by atoms with Crippen molar-refractivity contribution in [2.75, 3.05) is 0 Å². The van der Waals surface area contributed by atoms with Crippen LogP contribution in [-0.2, 0) is 0 Å². The molecule has 6 rings (SSSR count). The van der Waals surface area contributed by atoms with Crippen molar-refractivity contribution < 1.29 is 14.7 Å². The van der Waals surface area contributed by atoms with Crippen LogP contribution in [0.5, 0.6) is 0 Å². The first-order valence-electron chi connectivity index (χ1n) is 11.3. The van der Waals surface area contributed by atoms with Crippen molar-refractivity contribution in [2.45, 2.75) is 63.8 Å². The summed E-state index contributed by atoms with van der Waals surface area (Å²) in [5.74, 6) is 1.46. The predicted octanol–water partition coefficient (Wildman–Crippen LogP) is 4.39. The second-order valence-corrected chi connectivity index (χ2v) is 9.34. The number of carboxylic acids is 1. The second kappa shape index (κ2) is 7.56. The fourth-order valence-corrected chi connectivity index (χ4v) is 5.68. The number of hydrogen-bond acceptors (Lipinski definition) is 3. The lowest BCUT2D eigenvalue weighted by Crippen LogP contribution is -2.54. The van der Waals surface area contributed by atoms with E-state index in [1.165, 1.54) is 25.7 Å². The molecule has 6 nitrogen and oxygen atoms in total. The van der Waals surface area contributed by atoms with Gasteiger partial charge in [-0.05, 0) is 74.1 Å². The summed E-state index contributed by atoms with van der Waals surface area (Å²) in [6.07, 6.45) is 9.85. The molecule has 6 heteroatoms. The van der Waals surface area contributed by atoms with Crippen LogP contribution < -0.4 is 5.32 Å². The largest absolute Gasteiger partial charge is 0.478 e. The monoisotopic (exact) mass is 407 g/mol. The molecule has 30 heavy (non-hydrogen) atoms. The number of fused-ring (bicyclic) bond motifs is 2. The molecule has 1 aromatic heterocycles. The second-order valence-electron chi connectivity index (χ2n) is 9.34. The van der Waals surface area contributed by atoms with Gasteiger partial charge in [-0.2, -0.15) is 5.10 Å². The molecule has 0 aliphatic heterocycles. The molecule has 1 aromatic carbocycles. The summed E-state index contributed by atoms with van der Waals surface area (Å²) in [6.45, 7) is 2.23. The molecule has 2 atom stereocenters.